The van der Waals surface area contributed by atoms with Gasteiger partial charge in [0, 0.05) is 18.8 Å². The lowest BCUT2D eigenvalue weighted by Gasteiger charge is -2.29. The van der Waals surface area contributed by atoms with Crippen LogP contribution in [-0.2, 0) is 27.3 Å². The average Bonchev–Trinajstić information content (AvgIpc) is 3.53. The van der Waals surface area contributed by atoms with E-state index in [4.69, 9.17) is 4.74 Å². The van der Waals surface area contributed by atoms with E-state index in [9.17, 15) is 14.4 Å². The molecule has 6 nitrogen and oxygen atoms in total. The van der Waals surface area contributed by atoms with Crippen LogP contribution in [0.3, 0.4) is 0 Å². The average molecular weight is 378 g/mol. The fraction of sp³-hybridized carbons (Fsp3) is 0.318. The minimum atomic E-state index is -0.457. The Labute approximate surface area is 163 Å². The van der Waals surface area contributed by atoms with Gasteiger partial charge in [-0.25, -0.2) is 4.79 Å². The number of fused-ring (bicyclic) bond motifs is 1. The smallest absolute Gasteiger partial charge is 0.337 e. The summed E-state index contributed by atoms with van der Waals surface area (Å²) in [5.74, 6) is -1.16. The molecule has 2 aliphatic rings. The summed E-state index contributed by atoms with van der Waals surface area (Å²) in [6, 6.07) is 14.8. The third kappa shape index (κ3) is 3.63. The monoisotopic (exact) mass is 378 g/mol. The molecule has 0 saturated heterocycles. The molecular formula is C22H22N2O4. The van der Waals surface area contributed by atoms with Crippen LogP contribution >= 0.6 is 0 Å². The van der Waals surface area contributed by atoms with Gasteiger partial charge in [0.1, 0.15) is 0 Å². The number of benzene rings is 2. The lowest BCUT2D eigenvalue weighted by molar-refractivity contribution is -0.135. The van der Waals surface area contributed by atoms with Crippen LogP contribution < -0.4 is 5.32 Å². The fourth-order valence-electron chi connectivity index (χ4n) is 3.75. The first-order chi connectivity index (χ1) is 13.6. The second-order valence-electron chi connectivity index (χ2n) is 7.29. The van der Waals surface area contributed by atoms with Crippen molar-refractivity contribution < 1.29 is 19.1 Å². The molecule has 0 bridgehead atoms. The van der Waals surface area contributed by atoms with Crippen molar-refractivity contribution in [3.8, 4) is 0 Å². The Morgan fingerprint density at radius 2 is 1.82 bits per heavy atom. The van der Waals surface area contributed by atoms with E-state index in [-0.39, 0.29) is 23.7 Å². The van der Waals surface area contributed by atoms with Crippen molar-refractivity contribution in [2.75, 3.05) is 19.0 Å². The maximum atomic E-state index is 12.8. The van der Waals surface area contributed by atoms with E-state index in [0.717, 1.165) is 6.42 Å². The Kier molecular flexibility index (Phi) is 4.86. The molecular weight excluding hydrogens is 356 g/mol. The molecule has 1 fully saturated rings. The molecule has 1 saturated carbocycles. The molecule has 1 N–H and O–H groups in total. The molecule has 1 heterocycles. The zero-order valence-electron chi connectivity index (χ0n) is 15.7. The van der Waals surface area contributed by atoms with Gasteiger partial charge >= 0.3 is 5.97 Å². The van der Waals surface area contributed by atoms with E-state index in [1.54, 1.807) is 24.3 Å². The summed E-state index contributed by atoms with van der Waals surface area (Å²) in [5.41, 5.74) is 3.37. The van der Waals surface area contributed by atoms with Gasteiger partial charge < -0.3 is 15.0 Å². The number of hydrogen-bond acceptors (Lipinski definition) is 4. The van der Waals surface area contributed by atoms with Gasteiger partial charge in [-0.3, -0.25) is 9.59 Å². The molecule has 0 spiro atoms. The number of amides is 2. The summed E-state index contributed by atoms with van der Waals surface area (Å²) in [6.45, 7) is 1.31. The molecule has 28 heavy (non-hydrogen) atoms. The van der Waals surface area contributed by atoms with Crippen LogP contribution in [0.4, 0.5) is 5.69 Å². The van der Waals surface area contributed by atoms with Gasteiger partial charge in [0.05, 0.1) is 24.5 Å². The largest absolute Gasteiger partial charge is 0.465 e. The first-order valence-corrected chi connectivity index (χ1v) is 9.41. The first-order valence-electron chi connectivity index (χ1n) is 9.41. The molecule has 6 heteroatoms. The highest BCUT2D eigenvalue weighted by Gasteiger charge is 2.49. The number of hydrogen-bond donors (Lipinski definition) is 1. The Balaban J connectivity index is 1.36. The topological polar surface area (TPSA) is 75.7 Å². The standard InChI is InChI=1S/C22H22N2O4/c1-28-22(27)15-7-4-8-17(11-15)23-20(25)18-12-19(18)21(26)24-10-9-14-5-2-3-6-16(14)13-24/h2-8,11,18-19H,9-10,12-13H2,1H3,(H,23,25). The van der Waals surface area contributed by atoms with Crippen LogP contribution in [0, 0.1) is 11.8 Å². The van der Waals surface area contributed by atoms with Gasteiger partial charge in [-0.15, -0.1) is 0 Å². The number of ether oxygens (including phenoxy) is 1. The zero-order chi connectivity index (χ0) is 19.7. The van der Waals surface area contributed by atoms with Crippen LogP contribution in [0.1, 0.15) is 27.9 Å². The molecule has 2 aromatic rings. The summed E-state index contributed by atoms with van der Waals surface area (Å²) in [4.78, 5) is 38.8. The van der Waals surface area contributed by atoms with E-state index in [1.807, 2.05) is 17.0 Å². The van der Waals surface area contributed by atoms with Crippen LogP contribution in [-0.4, -0.2) is 36.3 Å². The van der Waals surface area contributed by atoms with Gasteiger partial charge in [-0.05, 0) is 42.2 Å². The van der Waals surface area contributed by atoms with Crippen molar-refractivity contribution in [1.82, 2.24) is 4.90 Å². The van der Waals surface area contributed by atoms with Gasteiger partial charge in [-0.2, -0.15) is 0 Å². The predicted octanol–water partition coefficient (Wildman–Crippen LogP) is 2.63. The highest BCUT2D eigenvalue weighted by atomic mass is 16.5. The molecule has 2 atom stereocenters. The first kappa shape index (κ1) is 18.2. The second kappa shape index (κ2) is 7.46. The van der Waals surface area contributed by atoms with E-state index < -0.39 is 5.97 Å². The minimum absolute atomic E-state index is 0.0537. The maximum Gasteiger partial charge on any atom is 0.337 e. The minimum Gasteiger partial charge on any atom is -0.465 e. The van der Waals surface area contributed by atoms with Crippen LogP contribution in [0.25, 0.3) is 0 Å². The lowest BCUT2D eigenvalue weighted by atomic mass is 9.99. The number of esters is 1. The number of anilines is 1. The molecule has 4 rings (SSSR count). The summed E-state index contributed by atoms with van der Waals surface area (Å²) in [5, 5.41) is 2.81. The molecule has 1 aliphatic carbocycles. The molecule has 2 amide bonds. The Hall–Kier alpha value is -3.15. The highest BCUT2D eigenvalue weighted by molar-refractivity contribution is 6.00. The predicted molar refractivity (Wildman–Crippen MR) is 104 cm³/mol. The number of carbonyl (C=O) groups excluding carboxylic acids is 3. The van der Waals surface area contributed by atoms with E-state index in [0.29, 0.717) is 30.8 Å². The second-order valence-corrected chi connectivity index (χ2v) is 7.29. The maximum absolute atomic E-state index is 12.8. The van der Waals surface area contributed by atoms with Crippen molar-refractivity contribution in [2.24, 2.45) is 11.8 Å². The van der Waals surface area contributed by atoms with Crippen molar-refractivity contribution in [1.29, 1.82) is 0 Å². The molecule has 2 aromatic carbocycles. The summed E-state index contributed by atoms with van der Waals surface area (Å²) >= 11 is 0. The number of carbonyl (C=O) groups is 3. The van der Waals surface area contributed by atoms with Gasteiger partial charge in [0.15, 0.2) is 0 Å². The van der Waals surface area contributed by atoms with Crippen molar-refractivity contribution >= 4 is 23.5 Å². The molecule has 1 aliphatic heterocycles. The Bertz CT molecular complexity index is 940. The Morgan fingerprint density at radius 1 is 1.04 bits per heavy atom. The number of rotatable bonds is 4. The van der Waals surface area contributed by atoms with E-state index in [2.05, 4.69) is 17.4 Å². The van der Waals surface area contributed by atoms with Gasteiger partial charge in [0.25, 0.3) is 0 Å². The van der Waals surface area contributed by atoms with Crippen LogP contribution in [0.15, 0.2) is 48.5 Å². The van der Waals surface area contributed by atoms with Gasteiger partial charge in [-0.1, -0.05) is 30.3 Å². The quantitative estimate of drug-likeness (QED) is 0.830. The van der Waals surface area contributed by atoms with Crippen LogP contribution in [0.2, 0.25) is 0 Å². The number of nitrogens with zero attached hydrogens (tertiary/aromatic N) is 1. The Morgan fingerprint density at radius 3 is 2.61 bits per heavy atom. The third-order valence-corrected chi connectivity index (χ3v) is 5.44. The lowest BCUT2D eigenvalue weighted by Crippen LogP contribution is -2.37. The fourth-order valence-corrected chi connectivity index (χ4v) is 3.75. The third-order valence-electron chi connectivity index (χ3n) is 5.44. The molecule has 0 radical (unpaired) electrons. The highest BCUT2D eigenvalue weighted by Crippen LogP contribution is 2.41. The van der Waals surface area contributed by atoms with Crippen molar-refractivity contribution in [3.05, 3.63) is 65.2 Å². The van der Waals surface area contributed by atoms with Gasteiger partial charge in [0.2, 0.25) is 11.8 Å². The summed E-state index contributed by atoms with van der Waals surface area (Å²) in [6.07, 6.45) is 1.42. The molecule has 2 unspecified atom stereocenters. The zero-order valence-corrected chi connectivity index (χ0v) is 15.7. The number of nitrogens with one attached hydrogen (secondary N) is 1. The molecule has 0 aromatic heterocycles. The number of methoxy groups -OCH3 is 1. The van der Waals surface area contributed by atoms with Crippen molar-refractivity contribution in [2.45, 2.75) is 19.4 Å². The van der Waals surface area contributed by atoms with Crippen LogP contribution in [0.5, 0.6) is 0 Å². The molecule has 144 valence electrons. The van der Waals surface area contributed by atoms with E-state index >= 15 is 0 Å². The SMILES string of the molecule is COC(=O)c1cccc(NC(=O)C2CC2C(=O)N2CCc3ccccc3C2)c1. The van der Waals surface area contributed by atoms with Crippen molar-refractivity contribution in [3.63, 3.8) is 0 Å². The summed E-state index contributed by atoms with van der Waals surface area (Å²) in [7, 11) is 1.31. The van der Waals surface area contributed by atoms with E-state index in [1.165, 1.54) is 18.2 Å². The summed E-state index contributed by atoms with van der Waals surface area (Å²) < 4.78 is 4.69. The normalized spacial score (nSPS) is 20.1.